The Morgan fingerprint density at radius 2 is 2.19 bits per heavy atom. The number of anilines is 1. The monoisotopic (exact) mass is 368 g/mol. The highest BCUT2D eigenvalue weighted by Gasteiger charge is 2.24. The van der Waals surface area contributed by atoms with Crippen LogP contribution in [0.2, 0.25) is 0 Å². The van der Waals surface area contributed by atoms with Gasteiger partial charge in [-0.1, -0.05) is 24.2 Å². The summed E-state index contributed by atoms with van der Waals surface area (Å²) in [6.45, 7) is 5.14. The van der Waals surface area contributed by atoms with Crippen molar-refractivity contribution in [3.63, 3.8) is 0 Å². The van der Waals surface area contributed by atoms with Gasteiger partial charge in [0.05, 0.1) is 5.56 Å². The van der Waals surface area contributed by atoms with Gasteiger partial charge in [0.25, 0.3) is 5.89 Å². The molecule has 0 saturated carbocycles. The second-order valence-corrected chi connectivity index (χ2v) is 6.49. The van der Waals surface area contributed by atoms with Crippen molar-refractivity contribution in [3.8, 4) is 22.8 Å². The van der Waals surface area contributed by atoms with Crippen LogP contribution in [0.25, 0.3) is 22.8 Å². The number of nitrogens with zero attached hydrogens (tertiary/aromatic N) is 5. The molecule has 0 bridgehead atoms. The summed E-state index contributed by atoms with van der Waals surface area (Å²) in [7, 11) is 0. The molecule has 0 radical (unpaired) electrons. The third-order valence-corrected chi connectivity index (χ3v) is 4.89. The Hall–Kier alpha value is -2.87. The smallest absolute Gasteiger partial charge is 0.263 e. The predicted molar refractivity (Wildman–Crippen MR) is 99.5 cm³/mol. The number of benzene rings is 1. The van der Waals surface area contributed by atoms with Crippen molar-refractivity contribution >= 4 is 5.82 Å². The van der Waals surface area contributed by atoms with Crippen LogP contribution >= 0.6 is 0 Å². The molecule has 27 heavy (non-hydrogen) atoms. The largest absolute Gasteiger partial charge is 0.368 e. The molecule has 1 N–H and O–H groups in total. The molecular weight excluding hydrogens is 347 g/mol. The first-order chi connectivity index (χ1) is 13.3. The highest BCUT2D eigenvalue weighted by Crippen LogP contribution is 2.27. The minimum absolute atomic E-state index is 0.200. The van der Waals surface area contributed by atoms with E-state index in [2.05, 4.69) is 37.2 Å². The summed E-state index contributed by atoms with van der Waals surface area (Å²) in [5.74, 6) is 0.700. The van der Waals surface area contributed by atoms with Crippen LogP contribution in [0.3, 0.4) is 0 Å². The molecule has 3 heterocycles. The number of nitrogens with one attached hydrogen (secondary N) is 1. The quantitative estimate of drug-likeness (QED) is 0.715. The molecule has 1 saturated heterocycles. The summed E-state index contributed by atoms with van der Waals surface area (Å²) < 4.78 is 19.3. The van der Waals surface area contributed by atoms with E-state index >= 15 is 0 Å². The second-order valence-electron chi connectivity index (χ2n) is 6.49. The molecule has 1 aliphatic rings. The minimum Gasteiger partial charge on any atom is -0.368 e. The van der Waals surface area contributed by atoms with Crippen LogP contribution in [0.1, 0.15) is 19.8 Å². The first-order valence-corrected chi connectivity index (χ1v) is 9.13. The number of halogens is 1. The first-order valence-electron chi connectivity index (χ1n) is 9.13. The summed E-state index contributed by atoms with van der Waals surface area (Å²) in [6.07, 6.45) is 5.48. The zero-order valence-electron chi connectivity index (χ0n) is 15.1. The van der Waals surface area contributed by atoms with Crippen LogP contribution in [0, 0.1) is 5.82 Å². The predicted octanol–water partition coefficient (Wildman–Crippen LogP) is 3.23. The fraction of sp³-hybridized carbons (Fsp3) is 0.368. The van der Waals surface area contributed by atoms with Crippen LogP contribution in [0.4, 0.5) is 10.2 Å². The van der Waals surface area contributed by atoms with Crippen molar-refractivity contribution in [1.82, 2.24) is 25.0 Å². The molecule has 7 nitrogen and oxygen atoms in total. The van der Waals surface area contributed by atoms with Gasteiger partial charge in [-0.2, -0.15) is 4.98 Å². The number of likely N-dealkylation sites (tertiary alicyclic amines) is 1. The van der Waals surface area contributed by atoms with Gasteiger partial charge < -0.3 is 9.84 Å². The van der Waals surface area contributed by atoms with Crippen molar-refractivity contribution in [2.24, 2.45) is 0 Å². The van der Waals surface area contributed by atoms with Crippen LogP contribution < -0.4 is 5.32 Å². The summed E-state index contributed by atoms with van der Waals surface area (Å²) in [4.78, 5) is 15.2. The standard InChI is InChI=1S/C19H21FN6O/c1-2-26-9-5-6-13(26)10-22-17-15(11-21-12-23-17)19-24-18(25-27-19)14-7-3-4-8-16(14)20/h3-4,7-8,11-13H,2,5-6,9-10H2,1H3,(H,21,22,23)/t13-/m1/s1. The van der Waals surface area contributed by atoms with E-state index in [9.17, 15) is 4.39 Å². The van der Waals surface area contributed by atoms with E-state index in [0.717, 1.165) is 19.6 Å². The van der Waals surface area contributed by atoms with Crippen molar-refractivity contribution in [2.45, 2.75) is 25.8 Å². The lowest BCUT2D eigenvalue weighted by molar-refractivity contribution is 0.277. The number of hydrogen-bond donors (Lipinski definition) is 1. The highest BCUT2D eigenvalue weighted by atomic mass is 19.1. The van der Waals surface area contributed by atoms with Gasteiger partial charge >= 0.3 is 0 Å². The maximum absolute atomic E-state index is 14.0. The van der Waals surface area contributed by atoms with E-state index in [0.29, 0.717) is 23.0 Å². The molecule has 0 amide bonds. The number of rotatable bonds is 6. The fourth-order valence-corrected chi connectivity index (χ4v) is 3.47. The molecule has 2 aromatic heterocycles. The summed E-state index contributed by atoms with van der Waals surface area (Å²) in [6, 6.07) is 6.81. The zero-order chi connectivity index (χ0) is 18.6. The van der Waals surface area contributed by atoms with E-state index in [4.69, 9.17) is 4.52 Å². The van der Waals surface area contributed by atoms with Gasteiger partial charge in [-0.05, 0) is 38.1 Å². The average Bonchev–Trinajstić information content (AvgIpc) is 3.36. The normalized spacial score (nSPS) is 17.3. The Labute approximate surface area is 156 Å². The van der Waals surface area contributed by atoms with Gasteiger partial charge in [-0.3, -0.25) is 4.90 Å². The van der Waals surface area contributed by atoms with Gasteiger partial charge in [0.2, 0.25) is 5.82 Å². The van der Waals surface area contributed by atoms with Gasteiger partial charge in [-0.25, -0.2) is 14.4 Å². The maximum Gasteiger partial charge on any atom is 0.263 e. The molecular formula is C19H21FN6O. The van der Waals surface area contributed by atoms with E-state index < -0.39 is 5.82 Å². The average molecular weight is 368 g/mol. The molecule has 3 aromatic rings. The van der Waals surface area contributed by atoms with Crippen molar-refractivity contribution in [2.75, 3.05) is 25.0 Å². The number of aromatic nitrogens is 4. The third kappa shape index (κ3) is 3.66. The molecule has 1 fully saturated rings. The molecule has 0 spiro atoms. The van der Waals surface area contributed by atoms with Gasteiger partial charge in [-0.15, -0.1) is 0 Å². The van der Waals surface area contributed by atoms with Crippen molar-refractivity contribution in [3.05, 3.63) is 42.6 Å². The Morgan fingerprint density at radius 3 is 3.04 bits per heavy atom. The SMILES string of the molecule is CCN1CCC[C@@H]1CNc1ncncc1-c1nc(-c2ccccc2F)no1. The molecule has 1 aliphatic heterocycles. The van der Waals surface area contributed by atoms with Crippen LogP contribution in [0.15, 0.2) is 41.3 Å². The Bertz CT molecular complexity index is 914. The molecule has 140 valence electrons. The van der Waals surface area contributed by atoms with E-state index in [1.54, 1.807) is 24.4 Å². The molecule has 4 rings (SSSR count). The van der Waals surface area contributed by atoms with Gasteiger partial charge in [0.15, 0.2) is 0 Å². The Kier molecular flexibility index (Phi) is 5.06. The number of hydrogen-bond acceptors (Lipinski definition) is 7. The van der Waals surface area contributed by atoms with Gasteiger partial charge in [0, 0.05) is 18.8 Å². The van der Waals surface area contributed by atoms with Crippen molar-refractivity contribution in [1.29, 1.82) is 0 Å². The number of likely N-dealkylation sites (N-methyl/N-ethyl adjacent to an activating group) is 1. The highest BCUT2D eigenvalue weighted by molar-refractivity contribution is 5.69. The van der Waals surface area contributed by atoms with Gasteiger partial charge in [0.1, 0.15) is 23.5 Å². The summed E-state index contributed by atoms with van der Waals surface area (Å²) in [5, 5.41) is 7.29. The van der Waals surface area contributed by atoms with E-state index in [1.165, 1.54) is 25.2 Å². The van der Waals surface area contributed by atoms with E-state index in [-0.39, 0.29) is 11.7 Å². The Balaban J connectivity index is 1.56. The summed E-state index contributed by atoms with van der Waals surface area (Å²) >= 11 is 0. The van der Waals surface area contributed by atoms with Crippen LogP contribution in [-0.2, 0) is 0 Å². The van der Waals surface area contributed by atoms with Crippen molar-refractivity contribution < 1.29 is 8.91 Å². The zero-order valence-corrected chi connectivity index (χ0v) is 15.1. The first kappa shape index (κ1) is 17.5. The Morgan fingerprint density at radius 1 is 1.30 bits per heavy atom. The lowest BCUT2D eigenvalue weighted by Gasteiger charge is -2.23. The van der Waals surface area contributed by atoms with Crippen LogP contribution in [0.5, 0.6) is 0 Å². The topological polar surface area (TPSA) is 80.0 Å². The summed E-state index contributed by atoms with van der Waals surface area (Å²) in [5.41, 5.74) is 0.900. The molecule has 0 unspecified atom stereocenters. The molecule has 1 aromatic carbocycles. The van der Waals surface area contributed by atoms with E-state index in [1.807, 2.05) is 0 Å². The lowest BCUT2D eigenvalue weighted by Crippen LogP contribution is -2.34. The van der Waals surface area contributed by atoms with Crippen LogP contribution in [-0.4, -0.2) is 50.7 Å². The lowest BCUT2D eigenvalue weighted by atomic mass is 10.2. The third-order valence-electron chi connectivity index (χ3n) is 4.89. The molecule has 0 aliphatic carbocycles. The minimum atomic E-state index is -0.395. The maximum atomic E-state index is 14.0. The molecule has 1 atom stereocenters. The molecule has 8 heteroatoms. The second kappa shape index (κ2) is 7.79. The fourth-order valence-electron chi connectivity index (χ4n) is 3.47.